The Bertz CT molecular complexity index is 392. The van der Waals surface area contributed by atoms with Gasteiger partial charge in [0, 0.05) is 6.54 Å². The predicted octanol–water partition coefficient (Wildman–Crippen LogP) is 1.34. The molecule has 1 unspecified atom stereocenters. The Balaban J connectivity index is 3.09. The summed E-state index contributed by atoms with van der Waals surface area (Å²) in [7, 11) is 0. The molecule has 0 aromatic carbocycles. The van der Waals surface area contributed by atoms with Gasteiger partial charge in [-0.25, -0.2) is 0 Å². The minimum atomic E-state index is -0.823. The van der Waals surface area contributed by atoms with E-state index in [-0.39, 0.29) is 10.9 Å². The zero-order valence-corrected chi connectivity index (χ0v) is 13.2. The summed E-state index contributed by atoms with van der Waals surface area (Å²) in [6.07, 6.45) is 4.31. The van der Waals surface area contributed by atoms with Crippen molar-refractivity contribution in [3.05, 3.63) is 0 Å². The molecular weight excluding hydrogens is 274 g/mol. The molecule has 114 valence electrons. The first-order chi connectivity index (χ1) is 9.40. The third kappa shape index (κ3) is 3.11. The SMILES string of the molecule is CCCC(CCC)(C(=O)N1CCCC1C(N)=O)C(N)=S. The van der Waals surface area contributed by atoms with Gasteiger partial charge in [-0.3, -0.25) is 9.59 Å². The van der Waals surface area contributed by atoms with Crippen molar-refractivity contribution in [1.29, 1.82) is 0 Å². The summed E-state index contributed by atoms with van der Waals surface area (Å²) in [5.41, 5.74) is 10.5. The number of primary amides is 1. The Hall–Kier alpha value is -1.17. The van der Waals surface area contributed by atoms with Gasteiger partial charge in [0.25, 0.3) is 0 Å². The van der Waals surface area contributed by atoms with Gasteiger partial charge in [-0.2, -0.15) is 0 Å². The molecule has 0 aromatic rings. The normalized spacial score (nSPS) is 19.1. The summed E-state index contributed by atoms with van der Waals surface area (Å²) in [5.74, 6) is -0.560. The van der Waals surface area contributed by atoms with Crippen molar-refractivity contribution in [1.82, 2.24) is 4.90 Å². The van der Waals surface area contributed by atoms with Crippen LogP contribution in [0.5, 0.6) is 0 Å². The third-order valence-electron chi connectivity index (χ3n) is 4.08. The molecule has 1 aliphatic heterocycles. The molecule has 0 saturated carbocycles. The summed E-state index contributed by atoms with van der Waals surface area (Å²) in [6, 6.07) is -0.509. The smallest absolute Gasteiger partial charge is 0.240 e. The van der Waals surface area contributed by atoms with Crippen molar-refractivity contribution in [3.8, 4) is 0 Å². The quantitative estimate of drug-likeness (QED) is 0.694. The van der Waals surface area contributed by atoms with E-state index in [0.717, 1.165) is 19.3 Å². The predicted molar refractivity (Wildman–Crippen MR) is 83.0 cm³/mol. The number of carbonyl (C=O) groups excluding carboxylic acids is 2. The van der Waals surface area contributed by atoms with Crippen LogP contribution in [0.2, 0.25) is 0 Å². The van der Waals surface area contributed by atoms with Crippen LogP contribution in [0, 0.1) is 5.41 Å². The van der Waals surface area contributed by atoms with E-state index in [2.05, 4.69) is 0 Å². The van der Waals surface area contributed by atoms with Crippen LogP contribution in [0.3, 0.4) is 0 Å². The lowest BCUT2D eigenvalue weighted by atomic mass is 9.77. The number of hydrogen-bond donors (Lipinski definition) is 2. The van der Waals surface area contributed by atoms with Crippen molar-refractivity contribution in [2.75, 3.05) is 6.54 Å². The van der Waals surface area contributed by atoms with Crippen molar-refractivity contribution < 1.29 is 9.59 Å². The number of hydrogen-bond acceptors (Lipinski definition) is 3. The number of amides is 2. The highest BCUT2D eigenvalue weighted by atomic mass is 32.1. The maximum Gasteiger partial charge on any atom is 0.240 e. The van der Waals surface area contributed by atoms with Gasteiger partial charge in [0.15, 0.2) is 0 Å². The van der Waals surface area contributed by atoms with Crippen LogP contribution in [0.1, 0.15) is 52.4 Å². The lowest BCUT2D eigenvalue weighted by molar-refractivity contribution is -0.143. The molecule has 0 spiro atoms. The Morgan fingerprint density at radius 2 is 1.80 bits per heavy atom. The maximum absolute atomic E-state index is 13.0. The fraction of sp³-hybridized carbons (Fsp3) is 0.786. The van der Waals surface area contributed by atoms with E-state index in [4.69, 9.17) is 23.7 Å². The molecule has 0 bridgehead atoms. The summed E-state index contributed by atoms with van der Waals surface area (Å²) in [6.45, 7) is 4.57. The minimum Gasteiger partial charge on any atom is -0.392 e. The molecule has 5 nitrogen and oxygen atoms in total. The molecule has 2 amide bonds. The van der Waals surface area contributed by atoms with Gasteiger partial charge in [0.1, 0.15) is 6.04 Å². The monoisotopic (exact) mass is 299 g/mol. The first-order valence-electron chi connectivity index (χ1n) is 7.31. The fourth-order valence-electron chi connectivity index (χ4n) is 3.12. The topological polar surface area (TPSA) is 89.4 Å². The highest BCUT2D eigenvalue weighted by molar-refractivity contribution is 7.80. The average molecular weight is 299 g/mol. The molecule has 1 fully saturated rings. The molecular formula is C14H25N3O2S. The zero-order chi connectivity index (χ0) is 15.3. The number of carbonyl (C=O) groups is 2. The second-order valence-corrected chi connectivity index (χ2v) is 5.95. The van der Waals surface area contributed by atoms with Gasteiger partial charge >= 0.3 is 0 Å². The minimum absolute atomic E-state index is 0.116. The fourth-order valence-corrected chi connectivity index (χ4v) is 3.42. The number of rotatable bonds is 7. The number of nitrogens with two attached hydrogens (primary N) is 2. The van der Waals surface area contributed by atoms with E-state index in [0.29, 0.717) is 25.8 Å². The van der Waals surface area contributed by atoms with E-state index in [1.807, 2.05) is 13.8 Å². The summed E-state index contributed by atoms with van der Waals surface area (Å²) in [5, 5.41) is 0. The lowest BCUT2D eigenvalue weighted by Gasteiger charge is -2.36. The van der Waals surface area contributed by atoms with Crippen molar-refractivity contribution in [3.63, 3.8) is 0 Å². The molecule has 4 N–H and O–H groups in total. The molecule has 6 heteroatoms. The molecule has 0 radical (unpaired) electrons. The molecule has 0 aliphatic carbocycles. The van der Waals surface area contributed by atoms with Gasteiger partial charge in [0.05, 0.1) is 10.4 Å². The van der Waals surface area contributed by atoms with Gasteiger partial charge in [-0.15, -0.1) is 0 Å². The van der Waals surface area contributed by atoms with Gasteiger partial charge < -0.3 is 16.4 Å². The van der Waals surface area contributed by atoms with Crippen LogP contribution in [-0.4, -0.2) is 34.3 Å². The Morgan fingerprint density at radius 1 is 1.25 bits per heavy atom. The van der Waals surface area contributed by atoms with Gasteiger partial charge in [0.2, 0.25) is 11.8 Å². The molecule has 20 heavy (non-hydrogen) atoms. The molecule has 0 aromatic heterocycles. The summed E-state index contributed by atoms with van der Waals surface area (Å²) < 4.78 is 0. The van der Waals surface area contributed by atoms with Crippen LogP contribution in [-0.2, 0) is 9.59 Å². The Morgan fingerprint density at radius 3 is 2.20 bits per heavy atom. The number of nitrogens with zero attached hydrogens (tertiary/aromatic N) is 1. The van der Waals surface area contributed by atoms with Crippen molar-refractivity contribution >= 4 is 29.0 Å². The van der Waals surface area contributed by atoms with Crippen LogP contribution < -0.4 is 11.5 Å². The molecule has 1 heterocycles. The zero-order valence-electron chi connectivity index (χ0n) is 12.4. The molecule has 1 saturated heterocycles. The standard InChI is InChI=1S/C14H25N3O2S/c1-3-7-14(8-4-2,12(16)20)13(19)17-9-5-6-10(17)11(15)18/h10H,3-9H2,1-2H3,(H2,15,18)(H2,16,20). The van der Waals surface area contributed by atoms with Crippen molar-refractivity contribution in [2.45, 2.75) is 58.4 Å². The summed E-state index contributed by atoms with van der Waals surface area (Å²) >= 11 is 5.19. The van der Waals surface area contributed by atoms with Gasteiger partial charge in [-0.1, -0.05) is 38.9 Å². The Labute approximate surface area is 126 Å². The highest BCUT2D eigenvalue weighted by Crippen LogP contribution is 2.35. The van der Waals surface area contributed by atoms with E-state index in [9.17, 15) is 9.59 Å². The number of likely N-dealkylation sites (tertiary alicyclic amines) is 1. The van der Waals surface area contributed by atoms with E-state index in [1.165, 1.54) is 0 Å². The second kappa shape index (κ2) is 7.02. The molecule has 1 rings (SSSR count). The van der Waals surface area contributed by atoms with Crippen LogP contribution in [0.15, 0.2) is 0 Å². The first-order valence-corrected chi connectivity index (χ1v) is 7.71. The number of thiocarbonyl (C=S) groups is 1. The molecule has 1 aliphatic rings. The average Bonchev–Trinajstić information content (AvgIpc) is 2.86. The lowest BCUT2D eigenvalue weighted by Crippen LogP contribution is -2.54. The van der Waals surface area contributed by atoms with Crippen LogP contribution >= 0.6 is 12.2 Å². The van der Waals surface area contributed by atoms with Gasteiger partial charge in [-0.05, 0) is 25.7 Å². The van der Waals surface area contributed by atoms with E-state index >= 15 is 0 Å². The largest absolute Gasteiger partial charge is 0.392 e. The maximum atomic E-state index is 13.0. The van der Waals surface area contributed by atoms with E-state index < -0.39 is 17.4 Å². The van der Waals surface area contributed by atoms with Crippen LogP contribution in [0.4, 0.5) is 0 Å². The van der Waals surface area contributed by atoms with E-state index in [1.54, 1.807) is 4.90 Å². The summed E-state index contributed by atoms with van der Waals surface area (Å²) in [4.78, 5) is 26.3. The first kappa shape index (κ1) is 16.9. The highest BCUT2D eigenvalue weighted by Gasteiger charge is 2.46. The second-order valence-electron chi connectivity index (χ2n) is 5.51. The Kier molecular flexibility index (Phi) is 5.92. The molecule has 1 atom stereocenters. The van der Waals surface area contributed by atoms with Crippen LogP contribution in [0.25, 0.3) is 0 Å². The van der Waals surface area contributed by atoms with Crippen molar-refractivity contribution in [2.24, 2.45) is 16.9 Å². The third-order valence-corrected chi connectivity index (χ3v) is 4.47.